The van der Waals surface area contributed by atoms with Crippen molar-refractivity contribution in [1.29, 1.82) is 0 Å². The maximum Gasteiger partial charge on any atom is 0.0549 e. The minimum Gasteiger partial charge on any atom is -0.393 e. The molecule has 0 aromatic carbocycles. The Balaban J connectivity index is 3.18. The predicted molar refractivity (Wildman–Crippen MR) is 51.8 cm³/mol. The highest BCUT2D eigenvalue weighted by atomic mass is 16.3. The molecule has 0 rings (SSSR count). The SMILES string of the molecule is CCCC(N)NCCC(O)CC. The van der Waals surface area contributed by atoms with Gasteiger partial charge in [0.1, 0.15) is 0 Å². The van der Waals surface area contributed by atoms with Gasteiger partial charge >= 0.3 is 0 Å². The van der Waals surface area contributed by atoms with Gasteiger partial charge in [-0.1, -0.05) is 20.3 Å². The van der Waals surface area contributed by atoms with Crippen LogP contribution in [0.5, 0.6) is 0 Å². The van der Waals surface area contributed by atoms with E-state index in [0.717, 1.165) is 32.2 Å². The molecule has 0 heterocycles. The van der Waals surface area contributed by atoms with E-state index in [-0.39, 0.29) is 12.3 Å². The third kappa shape index (κ3) is 6.58. The standard InChI is InChI=1S/C9H22N2O/c1-3-5-9(10)11-7-6-8(12)4-2/h8-9,11-12H,3-7,10H2,1-2H3. The molecule has 74 valence electrons. The molecule has 3 nitrogen and oxygen atoms in total. The van der Waals surface area contributed by atoms with Crippen LogP contribution in [0.15, 0.2) is 0 Å². The van der Waals surface area contributed by atoms with Crippen molar-refractivity contribution in [3.05, 3.63) is 0 Å². The summed E-state index contributed by atoms with van der Waals surface area (Å²) in [5.74, 6) is 0. The van der Waals surface area contributed by atoms with Crippen molar-refractivity contribution in [2.45, 2.75) is 51.8 Å². The minimum atomic E-state index is -0.175. The molecule has 0 aliphatic heterocycles. The van der Waals surface area contributed by atoms with Crippen LogP contribution in [0.4, 0.5) is 0 Å². The average Bonchev–Trinajstić information content (AvgIpc) is 2.04. The van der Waals surface area contributed by atoms with Gasteiger partial charge in [0.05, 0.1) is 12.3 Å². The Hall–Kier alpha value is -0.120. The number of nitrogens with one attached hydrogen (secondary N) is 1. The van der Waals surface area contributed by atoms with E-state index in [1.54, 1.807) is 0 Å². The van der Waals surface area contributed by atoms with E-state index >= 15 is 0 Å². The molecule has 0 aliphatic rings. The maximum absolute atomic E-state index is 9.22. The first-order valence-electron chi connectivity index (χ1n) is 4.87. The first-order valence-corrected chi connectivity index (χ1v) is 4.87. The van der Waals surface area contributed by atoms with Gasteiger partial charge < -0.3 is 16.2 Å². The molecule has 0 aromatic heterocycles. The van der Waals surface area contributed by atoms with Crippen LogP contribution in [0.2, 0.25) is 0 Å². The zero-order valence-corrected chi connectivity index (χ0v) is 8.21. The van der Waals surface area contributed by atoms with Crippen molar-refractivity contribution in [3.8, 4) is 0 Å². The molecule has 0 bridgehead atoms. The zero-order valence-electron chi connectivity index (χ0n) is 8.21. The molecule has 0 spiro atoms. The largest absolute Gasteiger partial charge is 0.393 e. The number of nitrogens with two attached hydrogens (primary N) is 1. The van der Waals surface area contributed by atoms with Crippen molar-refractivity contribution in [1.82, 2.24) is 5.32 Å². The number of hydrogen-bond acceptors (Lipinski definition) is 3. The highest BCUT2D eigenvalue weighted by molar-refractivity contribution is 4.60. The molecule has 0 amide bonds. The quantitative estimate of drug-likeness (QED) is 0.501. The first-order chi connectivity index (χ1) is 5.70. The summed E-state index contributed by atoms with van der Waals surface area (Å²) in [4.78, 5) is 0. The Morgan fingerprint density at radius 2 is 2.00 bits per heavy atom. The van der Waals surface area contributed by atoms with E-state index in [2.05, 4.69) is 12.2 Å². The van der Waals surface area contributed by atoms with Crippen molar-refractivity contribution >= 4 is 0 Å². The van der Waals surface area contributed by atoms with E-state index < -0.39 is 0 Å². The van der Waals surface area contributed by atoms with Gasteiger partial charge in [0.25, 0.3) is 0 Å². The molecule has 0 radical (unpaired) electrons. The normalized spacial score (nSPS) is 16.0. The topological polar surface area (TPSA) is 58.3 Å². The molecule has 12 heavy (non-hydrogen) atoms. The van der Waals surface area contributed by atoms with E-state index in [4.69, 9.17) is 5.73 Å². The van der Waals surface area contributed by atoms with Crippen molar-refractivity contribution < 1.29 is 5.11 Å². The fraction of sp³-hybridized carbons (Fsp3) is 1.00. The number of hydrogen-bond donors (Lipinski definition) is 3. The highest BCUT2D eigenvalue weighted by Crippen LogP contribution is 1.95. The molecule has 2 unspecified atom stereocenters. The number of aliphatic hydroxyl groups is 1. The lowest BCUT2D eigenvalue weighted by Crippen LogP contribution is -2.38. The summed E-state index contributed by atoms with van der Waals surface area (Å²) in [6, 6.07) is 0. The second-order valence-electron chi connectivity index (χ2n) is 3.20. The summed E-state index contributed by atoms with van der Waals surface area (Å²) in [6.45, 7) is 4.91. The highest BCUT2D eigenvalue weighted by Gasteiger charge is 2.02. The van der Waals surface area contributed by atoms with Crippen LogP contribution in [-0.2, 0) is 0 Å². The Bertz CT molecular complexity index is 98.5. The average molecular weight is 174 g/mol. The van der Waals surface area contributed by atoms with Gasteiger partial charge in [-0.15, -0.1) is 0 Å². The second kappa shape index (κ2) is 7.53. The molecule has 3 heteroatoms. The third-order valence-corrected chi connectivity index (χ3v) is 1.96. The molecular formula is C9H22N2O. The smallest absolute Gasteiger partial charge is 0.0549 e. The molecule has 2 atom stereocenters. The van der Waals surface area contributed by atoms with Gasteiger partial charge in [0.2, 0.25) is 0 Å². The monoisotopic (exact) mass is 174 g/mol. The summed E-state index contributed by atoms with van der Waals surface area (Å²) < 4.78 is 0. The molecule has 4 N–H and O–H groups in total. The van der Waals surface area contributed by atoms with E-state index in [1.807, 2.05) is 6.92 Å². The summed E-state index contributed by atoms with van der Waals surface area (Å²) in [6.07, 6.45) is 3.65. The zero-order chi connectivity index (χ0) is 9.40. The van der Waals surface area contributed by atoms with Gasteiger partial charge in [-0.3, -0.25) is 0 Å². The Labute approximate surface area is 75.3 Å². The van der Waals surface area contributed by atoms with Crippen molar-refractivity contribution in [2.24, 2.45) is 5.73 Å². The van der Waals surface area contributed by atoms with Crippen LogP contribution in [0.3, 0.4) is 0 Å². The van der Waals surface area contributed by atoms with E-state index in [0.29, 0.717) is 0 Å². The molecule has 0 aromatic rings. The van der Waals surface area contributed by atoms with E-state index in [1.165, 1.54) is 0 Å². The Morgan fingerprint density at radius 1 is 1.33 bits per heavy atom. The molecular weight excluding hydrogens is 152 g/mol. The lowest BCUT2D eigenvalue weighted by molar-refractivity contribution is 0.158. The van der Waals surface area contributed by atoms with Crippen LogP contribution >= 0.6 is 0 Å². The summed E-state index contributed by atoms with van der Waals surface area (Å²) in [5, 5.41) is 12.4. The van der Waals surface area contributed by atoms with E-state index in [9.17, 15) is 5.11 Å². The van der Waals surface area contributed by atoms with Gasteiger partial charge in [-0.05, 0) is 25.8 Å². The van der Waals surface area contributed by atoms with Crippen LogP contribution in [0.25, 0.3) is 0 Å². The van der Waals surface area contributed by atoms with Crippen LogP contribution in [0, 0.1) is 0 Å². The molecule has 0 saturated carbocycles. The van der Waals surface area contributed by atoms with Crippen molar-refractivity contribution in [2.75, 3.05) is 6.54 Å². The minimum absolute atomic E-state index is 0.0963. The van der Waals surface area contributed by atoms with Crippen molar-refractivity contribution in [3.63, 3.8) is 0 Å². The fourth-order valence-electron chi connectivity index (χ4n) is 1.05. The number of aliphatic hydroxyl groups excluding tert-OH is 1. The Morgan fingerprint density at radius 3 is 2.50 bits per heavy atom. The lowest BCUT2D eigenvalue weighted by Gasteiger charge is -2.14. The van der Waals surface area contributed by atoms with Gasteiger partial charge in [0, 0.05) is 0 Å². The van der Waals surface area contributed by atoms with Crippen LogP contribution in [-0.4, -0.2) is 23.9 Å². The maximum atomic E-state index is 9.22. The number of rotatable bonds is 7. The second-order valence-corrected chi connectivity index (χ2v) is 3.20. The lowest BCUT2D eigenvalue weighted by atomic mass is 10.2. The molecule has 0 aliphatic carbocycles. The summed E-state index contributed by atoms with van der Waals surface area (Å²) in [7, 11) is 0. The third-order valence-electron chi connectivity index (χ3n) is 1.96. The van der Waals surface area contributed by atoms with Gasteiger partial charge in [-0.2, -0.15) is 0 Å². The van der Waals surface area contributed by atoms with Crippen LogP contribution in [0.1, 0.15) is 39.5 Å². The first kappa shape index (κ1) is 11.9. The summed E-state index contributed by atoms with van der Waals surface area (Å²) in [5.41, 5.74) is 5.72. The fourth-order valence-corrected chi connectivity index (χ4v) is 1.05. The van der Waals surface area contributed by atoms with Gasteiger partial charge in [0.15, 0.2) is 0 Å². The predicted octanol–water partition coefficient (Wildman–Crippen LogP) is 0.822. The molecule has 0 fully saturated rings. The van der Waals surface area contributed by atoms with Crippen LogP contribution < -0.4 is 11.1 Å². The van der Waals surface area contributed by atoms with Gasteiger partial charge in [-0.25, -0.2) is 0 Å². The molecule has 0 saturated heterocycles. The Kier molecular flexibility index (Phi) is 7.45. The summed E-state index contributed by atoms with van der Waals surface area (Å²) >= 11 is 0.